The second-order valence-electron chi connectivity index (χ2n) is 7.46. The topological polar surface area (TPSA) is 79.0 Å². The average Bonchev–Trinajstić information content (AvgIpc) is 3.31. The molecule has 0 atom stereocenters. The molecular weight excluding hydrogens is 414 g/mol. The van der Waals surface area contributed by atoms with E-state index in [2.05, 4.69) is 5.32 Å². The van der Waals surface area contributed by atoms with Crippen LogP contribution in [-0.2, 0) is 9.59 Å². The maximum absolute atomic E-state index is 12.8. The quantitative estimate of drug-likeness (QED) is 0.746. The summed E-state index contributed by atoms with van der Waals surface area (Å²) in [5.74, 6) is 0.523. The molecule has 3 amide bonds. The minimum Gasteiger partial charge on any atom is -0.494 e. The summed E-state index contributed by atoms with van der Waals surface area (Å²) >= 11 is 1.43. The van der Waals surface area contributed by atoms with Crippen molar-refractivity contribution in [2.45, 2.75) is 24.7 Å². The Morgan fingerprint density at radius 3 is 2.55 bits per heavy atom. The number of carbonyl (C=O) groups is 3. The fraction of sp³-hybridized carbons (Fsp3) is 0.348. The molecule has 1 saturated heterocycles. The molecule has 0 spiro atoms. The van der Waals surface area contributed by atoms with Gasteiger partial charge in [-0.3, -0.25) is 14.4 Å². The van der Waals surface area contributed by atoms with E-state index in [4.69, 9.17) is 4.74 Å². The number of carbonyl (C=O) groups excluding carboxylic acids is 3. The Morgan fingerprint density at radius 2 is 1.84 bits per heavy atom. The van der Waals surface area contributed by atoms with Crippen molar-refractivity contribution < 1.29 is 19.1 Å². The van der Waals surface area contributed by atoms with E-state index >= 15 is 0 Å². The number of anilines is 2. The minimum atomic E-state index is -0.299. The van der Waals surface area contributed by atoms with Crippen molar-refractivity contribution in [1.29, 1.82) is 0 Å². The van der Waals surface area contributed by atoms with Crippen LogP contribution >= 0.6 is 11.8 Å². The van der Waals surface area contributed by atoms with Crippen LogP contribution in [0.5, 0.6) is 5.75 Å². The molecule has 0 aromatic heterocycles. The summed E-state index contributed by atoms with van der Waals surface area (Å²) in [4.78, 5) is 42.3. The number of nitrogens with zero attached hydrogens (tertiary/aromatic N) is 2. The molecule has 2 aromatic rings. The van der Waals surface area contributed by atoms with Crippen molar-refractivity contribution in [3.05, 3.63) is 48.0 Å². The van der Waals surface area contributed by atoms with Gasteiger partial charge in [-0.1, -0.05) is 0 Å². The highest BCUT2D eigenvalue weighted by molar-refractivity contribution is 8.00. The number of rotatable bonds is 6. The predicted molar refractivity (Wildman–Crippen MR) is 121 cm³/mol. The Labute approximate surface area is 185 Å². The Morgan fingerprint density at radius 1 is 1.10 bits per heavy atom. The number of thioether (sulfide) groups is 1. The maximum atomic E-state index is 12.8. The molecule has 2 aromatic carbocycles. The molecule has 2 heterocycles. The Balaban J connectivity index is 1.49. The molecule has 0 unspecified atom stereocenters. The van der Waals surface area contributed by atoms with Crippen LogP contribution in [0, 0.1) is 0 Å². The van der Waals surface area contributed by atoms with Crippen LogP contribution < -0.4 is 15.0 Å². The SMILES string of the molecule is CCOc1ccc(NC(=O)CN2C(=O)CSc3ccc(C(=O)N4CCCC4)cc32)cc1. The standard InChI is InChI=1S/C23H25N3O4S/c1-2-30-18-8-6-17(7-9-18)24-21(27)14-26-19-13-16(23(29)25-11-3-4-12-25)5-10-20(19)31-15-22(26)28/h5-10,13H,2-4,11-12,14-15H2,1H3,(H,24,27). The lowest BCUT2D eigenvalue weighted by atomic mass is 10.1. The molecule has 2 aliphatic rings. The van der Waals surface area contributed by atoms with E-state index in [-0.39, 0.29) is 30.0 Å². The molecule has 8 heteroatoms. The predicted octanol–water partition coefficient (Wildman–Crippen LogP) is 3.40. The van der Waals surface area contributed by atoms with Gasteiger partial charge in [0, 0.05) is 29.2 Å². The fourth-order valence-electron chi connectivity index (χ4n) is 3.76. The smallest absolute Gasteiger partial charge is 0.253 e. The number of ether oxygens (including phenoxy) is 1. The van der Waals surface area contributed by atoms with Gasteiger partial charge in [0.1, 0.15) is 12.3 Å². The number of hydrogen-bond acceptors (Lipinski definition) is 5. The highest BCUT2D eigenvalue weighted by Gasteiger charge is 2.28. The molecule has 0 radical (unpaired) electrons. The average molecular weight is 440 g/mol. The van der Waals surface area contributed by atoms with Crippen LogP contribution in [-0.4, -0.2) is 54.6 Å². The lowest BCUT2D eigenvalue weighted by Crippen LogP contribution is -2.41. The van der Waals surface area contributed by atoms with Crippen molar-refractivity contribution in [1.82, 2.24) is 4.90 Å². The molecule has 1 N–H and O–H groups in total. The normalized spacial score (nSPS) is 15.6. The summed E-state index contributed by atoms with van der Waals surface area (Å²) in [6.07, 6.45) is 2.03. The first-order valence-corrected chi connectivity index (χ1v) is 11.4. The molecule has 0 bridgehead atoms. The zero-order valence-corrected chi connectivity index (χ0v) is 18.2. The van der Waals surface area contributed by atoms with Crippen molar-refractivity contribution >= 4 is 40.9 Å². The molecule has 0 aliphatic carbocycles. The molecule has 31 heavy (non-hydrogen) atoms. The number of likely N-dealkylation sites (tertiary alicyclic amines) is 1. The molecule has 162 valence electrons. The zero-order valence-electron chi connectivity index (χ0n) is 17.4. The maximum Gasteiger partial charge on any atom is 0.253 e. The van der Waals surface area contributed by atoms with Gasteiger partial charge in [-0.05, 0) is 62.2 Å². The molecule has 1 fully saturated rings. The van der Waals surface area contributed by atoms with Crippen LogP contribution in [0.4, 0.5) is 11.4 Å². The first-order valence-electron chi connectivity index (χ1n) is 10.4. The van der Waals surface area contributed by atoms with Crippen LogP contribution in [0.2, 0.25) is 0 Å². The van der Waals surface area contributed by atoms with Crippen molar-refractivity contribution in [3.8, 4) is 5.75 Å². The van der Waals surface area contributed by atoms with Gasteiger partial charge in [0.05, 0.1) is 18.0 Å². The van der Waals surface area contributed by atoms with Gasteiger partial charge in [0.15, 0.2) is 0 Å². The third-order valence-electron chi connectivity index (χ3n) is 5.29. The van der Waals surface area contributed by atoms with Crippen molar-refractivity contribution in [2.24, 2.45) is 0 Å². The van der Waals surface area contributed by atoms with Crippen molar-refractivity contribution in [2.75, 3.05) is 42.2 Å². The van der Waals surface area contributed by atoms with Gasteiger partial charge in [-0.2, -0.15) is 0 Å². The Hall–Kier alpha value is -3.00. The third-order valence-corrected chi connectivity index (χ3v) is 6.34. The highest BCUT2D eigenvalue weighted by atomic mass is 32.2. The van der Waals surface area contributed by atoms with Gasteiger partial charge in [-0.15, -0.1) is 11.8 Å². The lowest BCUT2D eigenvalue weighted by Gasteiger charge is -2.29. The van der Waals surface area contributed by atoms with Crippen LogP contribution in [0.3, 0.4) is 0 Å². The first kappa shape index (κ1) is 21.2. The van der Waals surface area contributed by atoms with E-state index < -0.39 is 0 Å². The summed E-state index contributed by atoms with van der Waals surface area (Å²) in [6.45, 7) is 3.89. The third kappa shape index (κ3) is 4.85. The van der Waals surface area contributed by atoms with Gasteiger partial charge in [0.2, 0.25) is 11.8 Å². The Bertz CT molecular complexity index is 987. The van der Waals surface area contributed by atoms with Crippen molar-refractivity contribution in [3.63, 3.8) is 0 Å². The Kier molecular flexibility index (Phi) is 6.46. The zero-order chi connectivity index (χ0) is 21.8. The molecule has 0 saturated carbocycles. The van der Waals surface area contributed by atoms with Gasteiger partial charge >= 0.3 is 0 Å². The number of benzene rings is 2. The van der Waals surface area contributed by atoms with Crippen LogP contribution in [0.25, 0.3) is 0 Å². The van der Waals surface area contributed by atoms with Gasteiger partial charge in [-0.25, -0.2) is 0 Å². The first-order chi connectivity index (χ1) is 15.0. The van der Waals surface area contributed by atoms with E-state index in [0.717, 1.165) is 36.6 Å². The molecule has 7 nitrogen and oxygen atoms in total. The van der Waals surface area contributed by atoms with Crippen LogP contribution in [0.15, 0.2) is 47.4 Å². The van der Waals surface area contributed by atoms with Gasteiger partial charge in [0.25, 0.3) is 5.91 Å². The second-order valence-corrected chi connectivity index (χ2v) is 8.47. The molecular formula is C23H25N3O4S. The summed E-state index contributed by atoms with van der Waals surface area (Å²) in [7, 11) is 0. The van der Waals surface area contributed by atoms with E-state index in [1.54, 1.807) is 36.4 Å². The number of hydrogen-bond donors (Lipinski definition) is 1. The number of amides is 3. The summed E-state index contributed by atoms with van der Waals surface area (Å²) in [6, 6.07) is 12.5. The van der Waals surface area contributed by atoms with E-state index in [1.807, 2.05) is 17.9 Å². The number of fused-ring (bicyclic) bond motifs is 1. The van der Waals surface area contributed by atoms with E-state index in [0.29, 0.717) is 23.5 Å². The van der Waals surface area contributed by atoms with E-state index in [9.17, 15) is 14.4 Å². The summed E-state index contributed by atoms with van der Waals surface area (Å²) in [5, 5.41) is 2.82. The lowest BCUT2D eigenvalue weighted by molar-refractivity contribution is -0.120. The summed E-state index contributed by atoms with van der Waals surface area (Å²) < 4.78 is 5.41. The molecule has 4 rings (SSSR count). The monoisotopic (exact) mass is 439 g/mol. The van der Waals surface area contributed by atoms with Crippen LogP contribution in [0.1, 0.15) is 30.1 Å². The largest absolute Gasteiger partial charge is 0.494 e. The van der Waals surface area contributed by atoms with Gasteiger partial charge < -0.3 is 19.9 Å². The molecule has 2 aliphatic heterocycles. The number of nitrogens with one attached hydrogen (secondary N) is 1. The second kappa shape index (κ2) is 9.43. The minimum absolute atomic E-state index is 0.0258. The fourth-order valence-corrected chi connectivity index (χ4v) is 4.67. The summed E-state index contributed by atoms with van der Waals surface area (Å²) in [5.41, 5.74) is 1.80. The van der Waals surface area contributed by atoms with E-state index in [1.165, 1.54) is 16.7 Å². The highest BCUT2D eigenvalue weighted by Crippen LogP contribution is 2.36.